The summed E-state index contributed by atoms with van der Waals surface area (Å²) < 4.78 is 1.75. The predicted molar refractivity (Wildman–Crippen MR) is 129 cm³/mol. The van der Waals surface area contributed by atoms with E-state index in [9.17, 15) is 9.59 Å². The fourth-order valence-corrected chi connectivity index (χ4v) is 4.64. The number of hydrogen-bond donors (Lipinski definition) is 2. The van der Waals surface area contributed by atoms with E-state index in [-0.39, 0.29) is 17.4 Å². The molecule has 1 unspecified atom stereocenters. The quantitative estimate of drug-likeness (QED) is 0.571. The summed E-state index contributed by atoms with van der Waals surface area (Å²) in [6.07, 6.45) is 4.78. The van der Waals surface area contributed by atoms with Crippen LogP contribution in [0.15, 0.2) is 35.3 Å². The number of nitrogens with zero attached hydrogens (tertiary/aromatic N) is 5. The van der Waals surface area contributed by atoms with Gasteiger partial charge < -0.3 is 20.1 Å². The van der Waals surface area contributed by atoms with E-state index >= 15 is 0 Å². The van der Waals surface area contributed by atoms with E-state index in [1.54, 1.807) is 23.8 Å². The number of aromatic amines is 1. The summed E-state index contributed by atoms with van der Waals surface area (Å²) >= 11 is 0. The van der Waals surface area contributed by atoms with Crippen LogP contribution in [0.3, 0.4) is 0 Å². The summed E-state index contributed by atoms with van der Waals surface area (Å²) in [5, 5.41) is 7.33. The molecule has 1 aliphatic heterocycles. The Morgan fingerprint density at radius 3 is 2.67 bits per heavy atom. The van der Waals surface area contributed by atoms with E-state index in [4.69, 9.17) is 5.10 Å². The molecular weight excluding hydrogens is 418 g/mol. The van der Waals surface area contributed by atoms with Gasteiger partial charge in [-0.2, -0.15) is 5.10 Å². The first kappa shape index (κ1) is 23.0. The number of aromatic nitrogens is 4. The maximum absolute atomic E-state index is 12.5. The number of anilines is 1. The SMILES string of the molecule is CCC(CN(C)C1CCN(c2ccc(C(=O)NC)nc2)CC1)c1nn2c(C)ccc2c(=O)[nH]1. The Morgan fingerprint density at radius 2 is 2.03 bits per heavy atom. The Labute approximate surface area is 193 Å². The van der Waals surface area contributed by atoms with Crippen molar-refractivity contribution in [1.29, 1.82) is 0 Å². The first-order chi connectivity index (χ1) is 15.9. The van der Waals surface area contributed by atoms with Gasteiger partial charge >= 0.3 is 0 Å². The van der Waals surface area contributed by atoms with E-state index in [2.05, 4.69) is 39.1 Å². The lowest BCUT2D eigenvalue weighted by atomic mass is 9.99. The van der Waals surface area contributed by atoms with Crippen molar-refractivity contribution in [2.24, 2.45) is 0 Å². The topological polar surface area (TPSA) is 98.6 Å². The zero-order chi connectivity index (χ0) is 23.5. The van der Waals surface area contributed by atoms with Crippen LogP contribution in [-0.2, 0) is 0 Å². The number of carbonyl (C=O) groups is 1. The Bertz CT molecular complexity index is 1160. The van der Waals surface area contributed by atoms with Gasteiger partial charge in [-0.1, -0.05) is 6.92 Å². The molecule has 0 aromatic carbocycles. The summed E-state index contributed by atoms with van der Waals surface area (Å²) in [7, 11) is 3.77. The Morgan fingerprint density at radius 1 is 1.27 bits per heavy atom. The van der Waals surface area contributed by atoms with Crippen LogP contribution in [0, 0.1) is 6.92 Å². The molecule has 1 aliphatic rings. The number of nitrogens with one attached hydrogen (secondary N) is 2. The lowest BCUT2D eigenvalue weighted by Crippen LogP contribution is -2.44. The van der Waals surface area contributed by atoms with E-state index in [0.29, 0.717) is 17.3 Å². The summed E-state index contributed by atoms with van der Waals surface area (Å²) in [6, 6.07) is 7.94. The van der Waals surface area contributed by atoms with E-state index in [1.807, 2.05) is 25.1 Å². The van der Waals surface area contributed by atoms with Gasteiger partial charge in [0.15, 0.2) is 0 Å². The molecule has 0 aliphatic carbocycles. The molecule has 0 saturated carbocycles. The smallest absolute Gasteiger partial charge is 0.275 e. The van der Waals surface area contributed by atoms with Crippen molar-refractivity contribution in [1.82, 2.24) is 29.8 Å². The number of rotatable bonds is 7. The van der Waals surface area contributed by atoms with E-state index in [0.717, 1.165) is 56.1 Å². The number of carbonyl (C=O) groups excluding carboxylic acids is 1. The predicted octanol–water partition coefficient (Wildman–Crippen LogP) is 2.18. The minimum absolute atomic E-state index is 0.0847. The number of amides is 1. The van der Waals surface area contributed by atoms with Crippen molar-refractivity contribution in [3.05, 3.63) is 58.0 Å². The minimum Gasteiger partial charge on any atom is -0.370 e. The highest BCUT2D eigenvalue weighted by atomic mass is 16.1. The van der Waals surface area contributed by atoms with Gasteiger partial charge in [-0.25, -0.2) is 9.50 Å². The van der Waals surface area contributed by atoms with Crippen molar-refractivity contribution in [2.45, 2.75) is 45.1 Å². The van der Waals surface area contributed by atoms with E-state index < -0.39 is 0 Å². The molecular formula is C24H33N7O2. The highest BCUT2D eigenvalue weighted by Gasteiger charge is 2.26. The second kappa shape index (κ2) is 9.74. The lowest BCUT2D eigenvalue weighted by molar-refractivity contribution is 0.0958. The number of fused-ring (bicyclic) bond motifs is 1. The summed E-state index contributed by atoms with van der Waals surface area (Å²) in [5.41, 5.74) is 2.95. The van der Waals surface area contributed by atoms with Gasteiger partial charge in [-0.3, -0.25) is 9.59 Å². The zero-order valence-corrected chi connectivity index (χ0v) is 19.8. The number of hydrogen-bond acceptors (Lipinski definition) is 6. The fourth-order valence-electron chi connectivity index (χ4n) is 4.64. The Kier molecular flexibility index (Phi) is 6.78. The van der Waals surface area contributed by atoms with Gasteiger partial charge in [0, 0.05) is 44.3 Å². The van der Waals surface area contributed by atoms with Crippen LogP contribution in [0.5, 0.6) is 0 Å². The molecule has 1 saturated heterocycles. The van der Waals surface area contributed by atoms with Crippen molar-refractivity contribution in [2.75, 3.05) is 38.6 Å². The third kappa shape index (κ3) is 4.78. The largest absolute Gasteiger partial charge is 0.370 e. The summed E-state index contributed by atoms with van der Waals surface area (Å²) in [5.74, 6) is 0.739. The second-order valence-electron chi connectivity index (χ2n) is 8.85. The maximum Gasteiger partial charge on any atom is 0.275 e. The molecule has 3 aromatic heterocycles. The van der Waals surface area contributed by atoms with Crippen molar-refractivity contribution < 1.29 is 4.79 Å². The molecule has 1 amide bonds. The average Bonchev–Trinajstić information content (AvgIpc) is 3.23. The van der Waals surface area contributed by atoms with Gasteiger partial charge in [0.25, 0.3) is 11.5 Å². The van der Waals surface area contributed by atoms with Gasteiger partial charge in [0.05, 0.1) is 11.9 Å². The van der Waals surface area contributed by atoms with Crippen molar-refractivity contribution >= 4 is 17.1 Å². The number of likely N-dealkylation sites (N-methyl/N-ethyl adjacent to an activating group) is 1. The molecule has 33 heavy (non-hydrogen) atoms. The first-order valence-electron chi connectivity index (χ1n) is 11.6. The molecule has 9 nitrogen and oxygen atoms in total. The standard InChI is InChI=1S/C24H33N7O2/c1-5-17(22-27-24(33)21-9-6-16(2)31(21)28-22)15-29(4)18-10-12-30(13-11-18)19-7-8-20(26-14-19)23(32)25-3/h6-9,14,17-18H,5,10-13,15H2,1-4H3,(H,25,32)(H,27,28,33). The van der Waals surface area contributed by atoms with Crippen LogP contribution in [0.25, 0.3) is 5.52 Å². The Balaban J connectivity index is 1.38. The molecule has 0 radical (unpaired) electrons. The third-order valence-corrected chi connectivity index (χ3v) is 6.78. The molecule has 4 rings (SSSR count). The average molecular weight is 452 g/mol. The van der Waals surface area contributed by atoms with Crippen molar-refractivity contribution in [3.8, 4) is 0 Å². The number of H-pyrrole nitrogens is 1. The normalized spacial score (nSPS) is 15.8. The fraction of sp³-hybridized carbons (Fsp3) is 0.500. The van der Waals surface area contributed by atoms with Gasteiger partial charge in [-0.15, -0.1) is 0 Å². The summed E-state index contributed by atoms with van der Waals surface area (Å²) in [4.78, 5) is 36.2. The molecule has 0 bridgehead atoms. The van der Waals surface area contributed by atoms with Crippen LogP contribution >= 0.6 is 0 Å². The van der Waals surface area contributed by atoms with Gasteiger partial charge in [0.2, 0.25) is 0 Å². The number of pyridine rings is 1. The number of piperidine rings is 1. The van der Waals surface area contributed by atoms with Crippen LogP contribution in [-0.4, -0.2) is 70.2 Å². The van der Waals surface area contributed by atoms with Crippen LogP contribution < -0.4 is 15.8 Å². The molecule has 2 N–H and O–H groups in total. The van der Waals surface area contributed by atoms with Crippen molar-refractivity contribution in [3.63, 3.8) is 0 Å². The highest BCUT2D eigenvalue weighted by molar-refractivity contribution is 5.92. The maximum atomic E-state index is 12.5. The monoisotopic (exact) mass is 451 g/mol. The van der Waals surface area contributed by atoms with Gasteiger partial charge in [-0.05, 0) is 57.5 Å². The first-order valence-corrected chi connectivity index (χ1v) is 11.6. The molecule has 9 heteroatoms. The van der Waals surface area contributed by atoms with Crippen LogP contribution in [0.4, 0.5) is 5.69 Å². The lowest BCUT2D eigenvalue weighted by Gasteiger charge is -2.38. The number of aryl methyl sites for hydroxylation is 1. The Hall–Kier alpha value is -3.20. The molecule has 1 fully saturated rings. The van der Waals surface area contributed by atoms with E-state index in [1.165, 1.54) is 0 Å². The second-order valence-corrected chi connectivity index (χ2v) is 8.85. The summed E-state index contributed by atoms with van der Waals surface area (Å²) in [6.45, 7) is 6.83. The van der Waals surface area contributed by atoms with Crippen LogP contribution in [0.2, 0.25) is 0 Å². The molecule has 1 atom stereocenters. The molecule has 3 aromatic rings. The molecule has 176 valence electrons. The highest BCUT2D eigenvalue weighted by Crippen LogP contribution is 2.24. The van der Waals surface area contributed by atoms with Gasteiger partial charge in [0.1, 0.15) is 17.0 Å². The minimum atomic E-state index is -0.172. The third-order valence-electron chi connectivity index (χ3n) is 6.78. The zero-order valence-electron chi connectivity index (χ0n) is 19.8. The molecule has 4 heterocycles. The molecule has 0 spiro atoms. The van der Waals surface area contributed by atoms with Crippen LogP contribution in [0.1, 0.15) is 54.1 Å².